The van der Waals surface area contributed by atoms with Crippen LogP contribution in [0.1, 0.15) is 57.1 Å². The van der Waals surface area contributed by atoms with Crippen LogP contribution >= 0.6 is 0 Å². The van der Waals surface area contributed by atoms with E-state index in [1.54, 1.807) is 14.2 Å². The molecule has 0 aliphatic carbocycles. The monoisotopic (exact) mass is 360 g/mol. The van der Waals surface area contributed by atoms with Gasteiger partial charge in [-0.1, -0.05) is 6.92 Å². The third-order valence-electron chi connectivity index (χ3n) is 5.92. The SMILES string of the molecule is CCC1CCCCN1C(=O)CN1CCCC1c1cc(OC)ccc1OC. The van der Waals surface area contributed by atoms with E-state index in [1.165, 1.54) is 6.42 Å². The van der Waals surface area contributed by atoms with Crippen molar-refractivity contribution in [1.29, 1.82) is 0 Å². The molecule has 3 rings (SSSR count). The number of ether oxygens (including phenoxy) is 2. The van der Waals surface area contributed by atoms with Crippen LogP contribution in [0.2, 0.25) is 0 Å². The van der Waals surface area contributed by atoms with E-state index in [2.05, 4.69) is 22.8 Å². The average molecular weight is 360 g/mol. The minimum atomic E-state index is 0.217. The molecule has 0 bridgehead atoms. The fraction of sp³-hybridized carbons (Fsp3) is 0.667. The zero-order chi connectivity index (χ0) is 18.5. The summed E-state index contributed by atoms with van der Waals surface area (Å²) in [6.45, 7) is 4.57. The molecule has 1 aromatic rings. The zero-order valence-corrected chi connectivity index (χ0v) is 16.4. The maximum absolute atomic E-state index is 13.0. The molecule has 2 aliphatic heterocycles. The molecule has 0 N–H and O–H groups in total. The Labute approximate surface area is 157 Å². The molecule has 2 aliphatic rings. The minimum absolute atomic E-state index is 0.217. The Bertz CT molecular complexity index is 619. The van der Waals surface area contributed by atoms with Gasteiger partial charge in [-0.3, -0.25) is 9.69 Å². The van der Waals surface area contributed by atoms with Crippen LogP contribution in [0.15, 0.2) is 18.2 Å². The van der Waals surface area contributed by atoms with Gasteiger partial charge in [0, 0.05) is 24.2 Å². The van der Waals surface area contributed by atoms with E-state index in [9.17, 15) is 4.79 Å². The zero-order valence-electron chi connectivity index (χ0n) is 16.4. The van der Waals surface area contributed by atoms with Crippen molar-refractivity contribution in [3.8, 4) is 11.5 Å². The van der Waals surface area contributed by atoms with Crippen LogP contribution in [0.25, 0.3) is 0 Å². The molecule has 2 unspecified atom stereocenters. The highest BCUT2D eigenvalue weighted by Gasteiger charge is 2.33. The Morgan fingerprint density at radius 1 is 1.12 bits per heavy atom. The Balaban J connectivity index is 1.75. The van der Waals surface area contributed by atoms with Gasteiger partial charge in [0.15, 0.2) is 0 Å². The number of hydrogen-bond acceptors (Lipinski definition) is 4. The molecule has 2 fully saturated rings. The minimum Gasteiger partial charge on any atom is -0.497 e. The molecule has 2 atom stereocenters. The normalized spacial score (nSPS) is 23.9. The third-order valence-corrected chi connectivity index (χ3v) is 5.92. The van der Waals surface area contributed by atoms with E-state index in [0.717, 1.165) is 62.3 Å². The molecular weight excluding hydrogens is 328 g/mol. The molecule has 0 spiro atoms. The summed E-state index contributed by atoms with van der Waals surface area (Å²) in [5, 5.41) is 0. The molecule has 5 heteroatoms. The van der Waals surface area contributed by atoms with Crippen LogP contribution in [-0.4, -0.2) is 55.6 Å². The molecule has 1 aromatic carbocycles. The van der Waals surface area contributed by atoms with Gasteiger partial charge in [0.1, 0.15) is 11.5 Å². The van der Waals surface area contributed by atoms with Crippen molar-refractivity contribution in [3.63, 3.8) is 0 Å². The molecule has 26 heavy (non-hydrogen) atoms. The second-order valence-corrected chi connectivity index (χ2v) is 7.38. The van der Waals surface area contributed by atoms with Crippen LogP contribution in [-0.2, 0) is 4.79 Å². The molecule has 2 saturated heterocycles. The number of nitrogens with zero attached hydrogens (tertiary/aromatic N) is 2. The number of carbonyl (C=O) groups excluding carboxylic acids is 1. The van der Waals surface area contributed by atoms with E-state index in [0.29, 0.717) is 12.6 Å². The van der Waals surface area contributed by atoms with Gasteiger partial charge in [-0.25, -0.2) is 0 Å². The highest BCUT2D eigenvalue weighted by atomic mass is 16.5. The largest absolute Gasteiger partial charge is 0.497 e. The van der Waals surface area contributed by atoms with Crippen molar-refractivity contribution in [1.82, 2.24) is 9.80 Å². The lowest BCUT2D eigenvalue weighted by Crippen LogP contribution is -2.47. The first-order valence-corrected chi connectivity index (χ1v) is 9.93. The third kappa shape index (κ3) is 3.98. The summed E-state index contributed by atoms with van der Waals surface area (Å²) in [7, 11) is 3.39. The second kappa shape index (κ2) is 8.76. The Kier molecular flexibility index (Phi) is 6.41. The number of methoxy groups -OCH3 is 2. The van der Waals surface area contributed by atoms with Gasteiger partial charge in [-0.2, -0.15) is 0 Å². The molecule has 0 aromatic heterocycles. The maximum Gasteiger partial charge on any atom is 0.237 e. The summed E-state index contributed by atoms with van der Waals surface area (Å²) in [6, 6.07) is 6.58. The first kappa shape index (κ1) is 19.0. The second-order valence-electron chi connectivity index (χ2n) is 7.38. The average Bonchev–Trinajstić information content (AvgIpc) is 3.15. The molecule has 144 valence electrons. The van der Waals surface area contributed by atoms with E-state index < -0.39 is 0 Å². The summed E-state index contributed by atoms with van der Waals surface area (Å²) in [6.07, 6.45) is 6.74. The lowest BCUT2D eigenvalue weighted by atomic mass is 9.99. The van der Waals surface area contributed by atoms with Gasteiger partial charge < -0.3 is 14.4 Å². The van der Waals surface area contributed by atoms with Crippen molar-refractivity contribution < 1.29 is 14.3 Å². The lowest BCUT2D eigenvalue weighted by Gasteiger charge is -2.37. The number of amides is 1. The van der Waals surface area contributed by atoms with E-state index in [1.807, 2.05) is 12.1 Å². The molecular formula is C21H32N2O3. The van der Waals surface area contributed by atoms with Crippen molar-refractivity contribution >= 4 is 5.91 Å². The maximum atomic E-state index is 13.0. The van der Waals surface area contributed by atoms with Crippen LogP contribution < -0.4 is 9.47 Å². The van der Waals surface area contributed by atoms with Gasteiger partial charge in [0.2, 0.25) is 5.91 Å². The number of hydrogen-bond donors (Lipinski definition) is 0. The van der Waals surface area contributed by atoms with E-state index >= 15 is 0 Å². The molecule has 2 heterocycles. The summed E-state index contributed by atoms with van der Waals surface area (Å²) in [4.78, 5) is 17.5. The Morgan fingerprint density at radius 2 is 1.96 bits per heavy atom. The van der Waals surface area contributed by atoms with Crippen molar-refractivity contribution in [2.75, 3.05) is 33.9 Å². The standard InChI is InChI=1S/C21H32N2O3/c1-4-16-8-5-6-13-23(16)21(24)15-22-12-7-9-19(22)18-14-17(25-2)10-11-20(18)26-3/h10-11,14,16,19H,4-9,12-13,15H2,1-3H3. The molecule has 0 saturated carbocycles. The highest BCUT2D eigenvalue weighted by molar-refractivity contribution is 5.78. The van der Waals surface area contributed by atoms with Gasteiger partial charge in [0.25, 0.3) is 0 Å². The number of carbonyl (C=O) groups is 1. The van der Waals surface area contributed by atoms with Crippen LogP contribution in [0.3, 0.4) is 0 Å². The fourth-order valence-electron chi connectivity index (χ4n) is 4.49. The highest BCUT2D eigenvalue weighted by Crippen LogP contribution is 2.38. The van der Waals surface area contributed by atoms with Gasteiger partial charge in [-0.05, 0) is 63.3 Å². The predicted molar refractivity (Wildman–Crippen MR) is 103 cm³/mol. The molecule has 5 nitrogen and oxygen atoms in total. The smallest absolute Gasteiger partial charge is 0.237 e. The summed E-state index contributed by atoms with van der Waals surface area (Å²) < 4.78 is 11.0. The van der Waals surface area contributed by atoms with Crippen molar-refractivity contribution in [3.05, 3.63) is 23.8 Å². The van der Waals surface area contributed by atoms with Gasteiger partial charge in [-0.15, -0.1) is 0 Å². The first-order chi connectivity index (χ1) is 12.7. The number of likely N-dealkylation sites (tertiary alicyclic amines) is 2. The van der Waals surface area contributed by atoms with Gasteiger partial charge >= 0.3 is 0 Å². The van der Waals surface area contributed by atoms with Crippen LogP contribution in [0.5, 0.6) is 11.5 Å². The Hall–Kier alpha value is -1.75. The van der Waals surface area contributed by atoms with Gasteiger partial charge in [0.05, 0.1) is 20.8 Å². The van der Waals surface area contributed by atoms with Crippen LogP contribution in [0, 0.1) is 0 Å². The quantitative estimate of drug-likeness (QED) is 0.777. The lowest BCUT2D eigenvalue weighted by molar-refractivity contribution is -0.136. The number of benzene rings is 1. The van der Waals surface area contributed by atoms with E-state index in [-0.39, 0.29) is 11.9 Å². The summed E-state index contributed by atoms with van der Waals surface area (Å²) >= 11 is 0. The number of piperidine rings is 1. The van der Waals surface area contributed by atoms with E-state index in [4.69, 9.17) is 9.47 Å². The van der Waals surface area contributed by atoms with Crippen LogP contribution in [0.4, 0.5) is 0 Å². The first-order valence-electron chi connectivity index (χ1n) is 9.93. The molecule has 1 amide bonds. The Morgan fingerprint density at radius 3 is 2.69 bits per heavy atom. The summed E-state index contributed by atoms with van der Waals surface area (Å²) in [5.41, 5.74) is 1.13. The van der Waals surface area contributed by atoms with Crippen molar-refractivity contribution in [2.24, 2.45) is 0 Å². The fourth-order valence-corrected chi connectivity index (χ4v) is 4.49. The number of rotatable bonds is 6. The topological polar surface area (TPSA) is 42.0 Å². The van der Waals surface area contributed by atoms with Crippen molar-refractivity contribution in [2.45, 2.75) is 57.5 Å². The summed E-state index contributed by atoms with van der Waals surface area (Å²) in [5.74, 6) is 1.99. The predicted octanol–water partition coefficient (Wildman–Crippen LogP) is 3.63. The molecule has 0 radical (unpaired) electrons.